The van der Waals surface area contributed by atoms with Gasteiger partial charge in [0.05, 0.1) is 10.6 Å². The standard InChI is InChI=1S/C19H19N3O3S2/c1-12-9-10-15(11-16(12)27(24,25)20-3)22-18(23)17-13(2)21-19(26-17)14-7-5-4-6-8-14/h4-11,20H,1-3H3,(H,22,23). The molecule has 3 rings (SSSR count). The molecule has 0 atom stereocenters. The van der Waals surface area contributed by atoms with Crippen molar-refractivity contribution in [2.75, 3.05) is 12.4 Å². The first-order valence-corrected chi connectivity index (χ1v) is 10.5. The fourth-order valence-corrected chi connectivity index (χ4v) is 4.54. The van der Waals surface area contributed by atoms with Gasteiger partial charge in [-0.1, -0.05) is 36.4 Å². The van der Waals surface area contributed by atoms with E-state index in [0.29, 0.717) is 21.8 Å². The highest BCUT2D eigenvalue weighted by molar-refractivity contribution is 7.89. The fourth-order valence-electron chi connectivity index (χ4n) is 2.58. The van der Waals surface area contributed by atoms with Crippen LogP contribution in [0.15, 0.2) is 53.4 Å². The highest BCUT2D eigenvalue weighted by Crippen LogP contribution is 2.28. The maximum absolute atomic E-state index is 12.7. The number of anilines is 1. The number of hydrogen-bond acceptors (Lipinski definition) is 5. The summed E-state index contributed by atoms with van der Waals surface area (Å²) in [6.07, 6.45) is 0. The zero-order chi connectivity index (χ0) is 19.6. The second-order valence-corrected chi connectivity index (χ2v) is 8.80. The minimum absolute atomic E-state index is 0.133. The largest absolute Gasteiger partial charge is 0.321 e. The average molecular weight is 402 g/mol. The summed E-state index contributed by atoms with van der Waals surface area (Å²) < 4.78 is 26.5. The Morgan fingerprint density at radius 1 is 1.07 bits per heavy atom. The summed E-state index contributed by atoms with van der Waals surface area (Å²) in [5, 5.41) is 3.53. The molecular formula is C19H19N3O3S2. The summed E-state index contributed by atoms with van der Waals surface area (Å²) in [7, 11) is -2.25. The van der Waals surface area contributed by atoms with Gasteiger partial charge in [-0.2, -0.15) is 0 Å². The van der Waals surface area contributed by atoms with Crippen LogP contribution in [0.1, 0.15) is 20.9 Å². The van der Waals surface area contributed by atoms with Crippen LogP contribution >= 0.6 is 11.3 Å². The summed E-state index contributed by atoms with van der Waals surface area (Å²) in [6, 6.07) is 14.4. The van der Waals surface area contributed by atoms with Gasteiger partial charge < -0.3 is 5.32 Å². The third-order valence-corrected chi connectivity index (χ3v) is 6.79. The predicted molar refractivity (Wildman–Crippen MR) is 108 cm³/mol. The van der Waals surface area contributed by atoms with Gasteiger partial charge in [0, 0.05) is 11.3 Å². The Kier molecular flexibility index (Phi) is 5.41. The molecule has 0 saturated heterocycles. The summed E-state index contributed by atoms with van der Waals surface area (Å²) >= 11 is 1.30. The van der Waals surface area contributed by atoms with Crippen molar-refractivity contribution < 1.29 is 13.2 Å². The zero-order valence-corrected chi connectivity index (χ0v) is 16.7. The Bertz CT molecular complexity index is 1090. The third kappa shape index (κ3) is 4.08. The molecule has 2 aromatic carbocycles. The van der Waals surface area contributed by atoms with E-state index in [4.69, 9.17) is 0 Å². The first-order chi connectivity index (χ1) is 12.8. The molecule has 2 N–H and O–H groups in total. The van der Waals surface area contributed by atoms with E-state index < -0.39 is 10.0 Å². The molecule has 0 aliphatic carbocycles. The van der Waals surface area contributed by atoms with Crippen LogP contribution in [0, 0.1) is 13.8 Å². The van der Waals surface area contributed by atoms with E-state index in [-0.39, 0.29) is 10.8 Å². The highest BCUT2D eigenvalue weighted by atomic mass is 32.2. The summed E-state index contributed by atoms with van der Waals surface area (Å²) in [5.41, 5.74) is 2.59. The molecule has 6 nitrogen and oxygen atoms in total. The fraction of sp³-hybridized carbons (Fsp3) is 0.158. The average Bonchev–Trinajstić information content (AvgIpc) is 3.06. The minimum Gasteiger partial charge on any atom is -0.321 e. The molecule has 3 aromatic rings. The Hall–Kier alpha value is -2.55. The lowest BCUT2D eigenvalue weighted by molar-refractivity contribution is 0.102. The molecule has 1 aromatic heterocycles. The SMILES string of the molecule is CNS(=O)(=O)c1cc(NC(=O)c2sc(-c3ccccc3)nc2C)ccc1C. The Labute approximate surface area is 162 Å². The predicted octanol–water partition coefficient (Wildman–Crippen LogP) is 3.59. The summed E-state index contributed by atoms with van der Waals surface area (Å²) in [5.74, 6) is -0.316. The molecule has 0 bridgehead atoms. The van der Waals surface area contributed by atoms with Crippen LogP contribution in [-0.4, -0.2) is 26.4 Å². The smallest absolute Gasteiger partial charge is 0.267 e. The van der Waals surface area contributed by atoms with Crippen molar-refractivity contribution in [3.05, 3.63) is 64.7 Å². The number of thiazole rings is 1. The molecule has 0 aliphatic rings. The van der Waals surface area contributed by atoms with Crippen LogP contribution in [0.5, 0.6) is 0 Å². The van der Waals surface area contributed by atoms with Crippen LogP contribution in [0.2, 0.25) is 0 Å². The molecule has 140 valence electrons. The zero-order valence-electron chi connectivity index (χ0n) is 15.1. The lowest BCUT2D eigenvalue weighted by atomic mass is 10.2. The van der Waals surface area contributed by atoms with E-state index in [1.165, 1.54) is 24.5 Å². The summed E-state index contributed by atoms with van der Waals surface area (Å²) in [6.45, 7) is 3.49. The number of carbonyl (C=O) groups excluding carboxylic acids is 1. The van der Waals surface area contributed by atoms with Gasteiger partial charge in [0.25, 0.3) is 5.91 Å². The van der Waals surface area contributed by atoms with Crippen molar-refractivity contribution >= 4 is 33.0 Å². The molecule has 0 fully saturated rings. The van der Waals surface area contributed by atoms with Crippen molar-refractivity contribution in [3.63, 3.8) is 0 Å². The Morgan fingerprint density at radius 3 is 2.44 bits per heavy atom. The van der Waals surface area contributed by atoms with Crippen molar-refractivity contribution in [1.29, 1.82) is 0 Å². The molecule has 0 aliphatic heterocycles. The second kappa shape index (κ2) is 7.59. The molecule has 8 heteroatoms. The minimum atomic E-state index is -3.60. The van der Waals surface area contributed by atoms with Crippen LogP contribution in [0.4, 0.5) is 5.69 Å². The van der Waals surface area contributed by atoms with Gasteiger partial charge in [0.1, 0.15) is 9.88 Å². The number of aromatic nitrogens is 1. The Balaban J connectivity index is 1.89. The summed E-state index contributed by atoms with van der Waals surface area (Å²) in [4.78, 5) is 17.8. The number of nitrogens with zero attached hydrogens (tertiary/aromatic N) is 1. The van der Waals surface area contributed by atoms with Gasteiger partial charge in [0.15, 0.2) is 0 Å². The van der Waals surface area contributed by atoms with Crippen molar-refractivity contribution in [2.24, 2.45) is 0 Å². The first kappa shape index (κ1) is 19.2. The first-order valence-electron chi connectivity index (χ1n) is 8.20. The number of amides is 1. The monoisotopic (exact) mass is 401 g/mol. The molecule has 0 radical (unpaired) electrons. The van der Waals surface area contributed by atoms with Gasteiger partial charge in [0.2, 0.25) is 10.0 Å². The second-order valence-electron chi connectivity index (χ2n) is 5.94. The number of nitrogens with one attached hydrogen (secondary N) is 2. The van der Waals surface area contributed by atoms with Crippen molar-refractivity contribution in [2.45, 2.75) is 18.7 Å². The Morgan fingerprint density at radius 2 is 1.78 bits per heavy atom. The van der Waals surface area contributed by atoms with Gasteiger partial charge in [-0.05, 0) is 38.6 Å². The van der Waals surface area contributed by atoms with Gasteiger partial charge in [-0.3, -0.25) is 4.79 Å². The molecule has 0 saturated carbocycles. The number of sulfonamides is 1. The van der Waals surface area contributed by atoms with E-state index >= 15 is 0 Å². The highest BCUT2D eigenvalue weighted by Gasteiger charge is 2.19. The topological polar surface area (TPSA) is 88.2 Å². The normalized spacial score (nSPS) is 11.4. The lowest BCUT2D eigenvalue weighted by Crippen LogP contribution is -2.20. The molecule has 1 amide bonds. The van der Waals surface area contributed by atoms with Crippen molar-refractivity contribution in [1.82, 2.24) is 9.71 Å². The van der Waals surface area contributed by atoms with E-state index in [0.717, 1.165) is 10.6 Å². The quantitative estimate of drug-likeness (QED) is 0.684. The lowest BCUT2D eigenvalue weighted by Gasteiger charge is -2.10. The number of carbonyl (C=O) groups is 1. The van der Waals surface area contributed by atoms with Crippen LogP contribution < -0.4 is 10.0 Å². The molecular weight excluding hydrogens is 382 g/mol. The van der Waals surface area contributed by atoms with Crippen LogP contribution in [-0.2, 0) is 10.0 Å². The number of hydrogen-bond donors (Lipinski definition) is 2. The molecule has 0 unspecified atom stereocenters. The van der Waals surface area contributed by atoms with Crippen molar-refractivity contribution in [3.8, 4) is 10.6 Å². The van der Waals surface area contributed by atoms with E-state index in [1.807, 2.05) is 30.3 Å². The van der Waals surface area contributed by atoms with E-state index in [9.17, 15) is 13.2 Å². The van der Waals surface area contributed by atoms with E-state index in [1.54, 1.807) is 26.0 Å². The van der Waals surface area contributed by atoms with E-state index in [2.05, 4.69) is 15.0 Å². The van der Waals surface area contributed by atoms with Gasteiger partial charge in [-0.15, -0.1) is 11.3 Å². The van der Waals surface area contributed by atoms with Crippen LogP contribution in [0.25, 0.3) is 10.6 Å². The molecule has 27 heavy (non-hydrogen) atoms. The van der Waals surface area contributed by atoms with Gasteiger partial charge in [-0.25, -0.2) is 18.1 Å². The maximum atomic E-state index is 12.7. The number of rotatable bonds is 5. The third-order valence-electron chi connectivity index (χ3n) is 4.03. The van der Waals surface area contributed by atoms with Gasteiger partial charge >= 0.3 is 0 Å². The number of aryl methyl sites for hydroxylation is 2. The molecule has 0 spiro atoms. The number of benzene rings is 2. The molecule has 1 heterocycles. The maximum Gasteiger partial charge on any atom is 0.267 e. The van der Waals surface area contributed by atoms with Crippen LogP contribution in [0.3, 0.4) is 0 Å².